The van der Waals surface area contributed by atoms with Crippen molar-refractivity contribution in [3.05, 3.63) is 29.3 Å². The molecule has 2 amide bonds. The molecule has 8 heteroatoms. The second-order valence-electron chi connectivity index (χ2n) is 6.31. The highest BCUT2D eigenvalue weighted by Gasteiger charge is 2.35. The van der Waals surface area contributed by atoms with Crippen molar-refractivity contribution in [2.75, 3.05) is 13.1 Å². The lowest BCUT2D eigenvalue weighted by Crippen LogP contribution is -2.61. The summed E-state index contributed by atoms with van der Waals surface area (Å²) >= 11 is 0. The summed E-state index contributed by atoms with van der Waals surface area (Å²) in [6.45, 7) is 5.57. The van der Waals surface area contributed by atoms with Crippen molar-refractivity contribution < 1.29 is 28.2 Å². The summed E-state index contributed by atoms with van der Waals surface area (Å²) in [4.78, 5) is 25.0. The van der Waals surface area contributed by atoms with E-state index in [1.165, 1.54) is 4.90 Å². The van der Waals surface area contributed by atoms with Crippen LogP contribution in [0.2, 0.25) is 0 Å². The number of rotatable bonds is 2. The van der Waals surface area contributed by atoms with Gasteiger partial charge in [-0.25, -0.2) is 13.6 Å². The first-order chi connectivity index (χ1) is 10.6. The first-order valence-electron chi connectivity index (χ1n) is 7.04. The number of hydrogen-bond donors (Lipinski definition) is 2. The lowest BCUT2D eigenvalue weighted by Gasteiger charge is -2.39. The lowest BCUT2D eigenvalue weighted by molar-refractivity contribution is 0.00528. The summed E-state index contributed by atoms with van der Waals surface area (Å²) in [6.07, 6.45) is -0.516. The van der Waals surface area contributed by atoms with Crippen LogP contribution < -0.4 is 5.32 Å². The Kier molecular flexibility index (Phi) is 4.44. The van der Waals surface area contributed by atoms with Gasteiger partial charge in [0, 0.05) is 13.1 Å². The van der Waals surface area contributed by atoms with E-state index in [1.54, 1.807) is 20.8 Å². The van der Waals surface area contributed by atoms with E-state index in [0.29, 0.717) is 0 Å². The molecule has 23 heavy (non-hydrogen) atoms. The van der Waals surface area contributed by atoms with E-state index in [0.717, 1.165) is 12.1 Å². The number of phenolic OH excluding ortho intramolecular Hbond substituents is 1. The molecule has 1 heterocycles. The van der Waals surface area contributed by atoms with Gasteiger partial charge in [0.05, 0.1) is 6.04 Å². The Morgan fingerprint density at radius 3 is 2.48 bits per heavy atom. The maximum atomic E-state index is 13.6. The SMILES string of the molecule is CC(C)(C)OC(=O)N1CC(NC(=O)c2c(F)ccc(O)c2F)C1. The number of carbonyl (C=O) groups is 2. The van der Waals surface area contributed by atoms with Crippen molar-refractivity contribution in [2.24, 2.45) is 0 Å². The first kappa shape index (κ1) is 17.0. The molecule has 6 nitrogen and oxygen atoms in total. The lowest BCUT2D eigenvalue weighted by atomic mass is 10.1. The van der Waals surface area contributed by atoms with Crippen LogP contribution in [0.15, 0.2) is 12.1 Å². The maximum absolute atomic E-state index is 13.6. The number of hydrogen-bond acceptors (Lipinski definition) is 4. The third kappa shape index (κ3) is 3.88. The second kappa shape index (κ2) is 6.02. The fraction of sp³-hybridized carbons (Fsp3) is 0.467. The third-order valence-electron chi connectivity index (χ3n) is 3.17. The van der Waals surface area contributed by atoms with Gasteiger partial charge >= 0.3 is 6.09 Å². The number of benzene rings is 1. The number of nitrogens with one attached hydrogen (secondary N) is 1. The number of likely N-dealkylation sites (tertiary alicyclic amines) is 1. The Morgan fingerprint density at radius 1 is 1.30 bits per heavy atom. The number of halogens is 2. The molecule has 0 spiro atoms. The average molecular weight is 328 g/mol. The van der Waals surface area contributed by atoms with E-state index >= 15 is 0 Å². The van der Waals surface area contributed by atoms with Crippen LogP contribution in [0.25, 0.3) is 0 Å². The number of nitrogens with zero attached hydrogens (tertiary/aromatic N) is 1. The van der Waals surface area contributed by atoms with Crippen molar-refractivity contribution in [1.82, 2.24) is 10.2 Å². The van der Waals surface area contributed by atoms with E-state index in [4.69, 9.17) is 4.74 Å². The predicted molar refractivity (Wildman–Crippen MR) is 77.1 cm³/mol. The molecule has 0 aromatic heterocycles. The fourth-order valence-corrected chi connectivity index (χ4v) is 2.05. The fourth-order valence-electron chi connectivity index (χ4n) is 2.05. The summed E-state index contributed by atoms with van der Waals surface area (Å²) in [5, 5.41) is 11.6. The Labute approximate surface area is 132 Å². The summed E-state index contributed by atoms with van der Waals surface area (Å²) in [6, 6.07) is 1.20. The first-order valence-corrected chi connectivity index (χ1v) is 7.04. The third-order valence-corrected chi connectivity index (χ3v) is 3.17. The normalized spacial score (nSPS) is 15.1. The number of phenols is 1. The minimum Gasteiger partial charge on any atom is -0.505 e. The molecular formula is C15H18F2N2O4. The van der Waals surface area contributed by atoms with Gasteiger partial charge in [0.2, 0.25) is 0 Å². The highest BCUT2D eigenvalue weighted by atomic mass is 19.1. The van der Waals surface area contributed by atoms with Crippen LogP contribution in [0.1, 0.15) is 31.1 Å². The van der Waals surface area contributed by atoms with Crippen LogP contribution in [0.5, 0.6) is 5.75 Å². The van der Waals surface area contributed by atoms with Crippen molar-refractivity contribution in [2.45, 2.75) is 32.4 Å². The summed E-state index contributed by atoms with van der Waals surface area (Å²) in [7, 11) is 0. The van der Waals surface area contributed by atoms with Crippen molar-refractivity contribution >= 4 is 12.0 Å². The Hall–Kier alpha value is -2.38. The maximum Gasteiger partial charge on any atom is 0.410 e. The molecule has 0 saturated carbocycles. The Morgan fingerprint density at radius 2 is 1.91 bits per heavy atom. The summed E-state index contributed by atoms with van der Waals surface area (Å²) in [5.41, 5.74) is -1.47. The minimum absolute atomic E-state index is 0.183. The van der Waals surface area contributed by atoms with Gasteiger partial charge in [-0.05, 0) is 32.9 Å². The van der Waals surface area contributed by atoms with Crippen molar-refractivity contribution in [3.63, 3.8) is 0 Å². The van der Waals surface area contributed by atoms with E-state index in [2.05, 4.69) is 5.32 Å². The van der Waals surface area contributed by atoms with Gasteiger partial charge in [0.1, 0.15) is 17.0 Å². The minimum atomic E-state index is -1.31. The molecule has 2 N–H and O–H groups in total. The number of amides is 2. The molecule has 0 radical (unpaired) electrons. The smallest absolute Gasteiger partial charge is 0.410 e. The van der Waals surface area contributed by atoms with Crippen LogP contribution in [0, 0.1) is 11.6 Å². The second-order valence-corrected chi connectivity index (χ2v) is 6.31. The van der Waals surface area contributed by atoms with Crippen LogP contribution in [0.3, 0.4) is 0 Å². The predicted octanol–water partition coefficient (Wildman–Crippen LogP) is 2.02. The molecule has 0 atom stereocenters. The van der Waals surface area contributed by atoms with Crippen LogP contribution in [-0.4, -0.2) is 46.7 Å². The summed E-state index contributed by atoms with van der Waals surface area (Å²) < 4.78 is 32.3. The molecule has 0 unspecified atom stereocenters. The van der Waals surface area contributed by atoms with Gasteiger partial charge < -0.3 is 20.1 Å². The Balaban J connectivity index is 1.93. The van der Waals surface area contributed by atoms with Crippen molar-refractivity contribution in [1.29, 1.82) is 0 Å². The van der Waals surface area contributed by atoms with Gasteiger partial charge in [0.25, 0.3) is 5.91 Å². The molecule has 1 aliphatic heterocycles. The average Bonchev–Trinajstić information content (AvgIpc) is 2.36. The molecule has 1 fully saturated rings. The number of carbonyl (C=O) groups excluding carboxylic acids is 2. The van der Waals surface area contributed by atoms with Gasteiger partial charge in [-0.15, -0.1) is 0 Å². The van der Waals surface area contributed by atoms with Crippen LogP contribution in [0.4, 0.5) is 13.6 Å². The zero-order valence-corrected chi connectivity index (χ0v) is 13.0. The molecule has 0 aliphatic carbocycles. The molecule has 1 aliphatic rings. The highest BCUT2D eigenvalue weighted by molar-refractivity contribution is 5.95. The molecule has 0 bridgehead atoms. The van der Waals surface area contributed by atoms with Crippen LogP contribution >= 0.6 is 0 Å². The Bertz CT molecular complexity index is 637. The molecule has 1 aromatic carbocycles. The monoisotopic (exact) mass is 328 g/mol. The standard InChI is InChI=1S/C15H18F2N2O4/c1-15(2,3)23-14(22)19-6-8(7-19)18-13(21)11-9(16)4-5-10(20)12(11)17/h4-5,8,20H,6-7H2,1-3H3,(H,18,21). The molecule has 2 rings (SSSR count). The molecular weight excluding hydrogens is 310 g/mol. The molecule has 1 saturated heterocycles. The van der Waals surface area contributed by atoms with E-state index in [9.17, 15) is 23.5 Å². The van der Waals surface area contributed by atoms with Gasteiger partial charge in [-0.1, -0.05) is 0 Å². The van der Waals surface area contributed by atoms with Gasteiger partial charge in [-0.3, -0.25) is 4.79 Å². The number of aromatic hydroxyl groups is 1. The largest absolute Gasteiger partial charge is 0.505 e. The van der Waals surface area contributed by atoms with Gasteiger partial charge in [-0.2, -0.15) is 0 Å². The highest BCUT2D eigenvalue weighted by Crippen LogP contribution is 2.22. The van der Waals surface area contributed by atoms with Gasteiger partial charge in [0.15, 0.2) is 11.6 Å². The topological polar surface area (TPSA) is 78.9 Å². The van der Waals surface area contributed by atoms with Crippen molar-refractivity contribution in [3.8, 4) is 5.75 Å². The zero-order valence-electron chi connectivity index (χ0n) is 13.0. The quantitative estimate of drug-likeness (QED) is 0.870. The molecule has 126 valence electrons. The van der Waals surface area contributed by atoms with E-state index < -0.39 is 46.6 Å². The van der Waals surface area contributed by atoms with E-state index in [-0.39, 0.29) is 13.1 Å². The van der Waals surface area contributed by atoms with E-state index in [1.807, 2.05) is 0 Å². The summed E-state index contributed by atoms with van der Waals surface area (Å²) in [5.74, 6) is -4.17. The number of ether oxygens (including phenoxy) is 1. The van der Waals surface area contributed by atoms with Crippen LogP contribution in [-0.2, 0) is 4.74 Å². The molecule has 1 aromatic rings. The zero-order chi connectivity index (χ0) is 17.4.